The van der Waals surface area contributed by atoms with E-state index in [0.717, 1.165) is 25.1 Å². The van der Waals surface area contributed by atoms with Crippen LogP contribution in [0.25, 0.3) is 0 Å². The van der Waals surface area contributed by atoms with Gasteiger partial charge in [-0.15, -0.1) is 0 Å². The van der Waals surface area contributed by atoms with Crippen molar-refractivity contribution in [2.45, 2.75) is 39.2 Å². The Morgan fingerprint density at radius 2 is 2.12 bits per heavy atom. The molecular weight excluding hydrogens is 226 g/mol. The number of unbranched alkanes of at least 4 members (excludes halogenated alkanes) is 1. The molecule has 1 N–H and O–H groups in total. The van der Waals surface area contributed by atoms with Gasteiger partial charge in [-0.3, -0.25) is 4.55 Å². The van der Waals surface area contributed by atoms with E-state index in [-0.39, 0.29) is 5.75 Å². The number of rotatable bonds is 7. The minimum atomic E-state index is -3.82. The van der Waals surface area contributed by atoms with Gasteiger partial charge >= 0.3 is 0 Å². The number of hydrogen-bond donors (Lipinski definition) is 1. The van der Waals surface area contributed by atoms with E-state index in [4.69, 9.17) is 4.55 Å². The van der Waals surface area contributed by atoms with Crippen LogP contribution >= 0.6 is 0 Å². The van der Waals surface area contributed by atoms with E-state index in [9.17, 15) is 8.42 Å². The van der Waals surface area contributed by atoms with Gasteiger partial charge in [0.2, 0.25) is 0 Å². The molecule has 0 aliphatic rings. The molecule has 0 bridgehead atoms. The normalized spacial score (nSPS) is 11.9. The molecule has 0 amide bonds. The van der Waals surface area contributed by atoms with Crippen LogP contribution < -0.4 is 0 Å². The van der Waals surface area contributed by atoms with Crippen LogP contribution in [0.15, 0.2) is 18.3 Å². The number of hydrogen-bond acceptors (Lipinski definition) is 2. The maximum atomic E-state index is 10.6. The zero-order valence-corrected chi connectivity index (χ0v) is 10.4. The first-order chi connectivity index (χ1) is 7.53. The second-order valence-electron chi connectivity index (χ2n) is 3.94. The third-order valence-electron chi connectivity index (χ3n) is 2.51. The van der Waals surface area contributed by atoms with E-state index in [2.05, 4.69) is 11.5 Å². The molecule has 92 valence electrons. The predicted octanol–water partition coefficient (Wildman–Crippen LogP) is 2.11. The summed E-state index contributed by atoms with van der Waals surface area (Å²) >= 11 is 0. The van der Waals surface area contributed by atoms with Gasteiger partial charge < -0.3 is 4.57 Å². The standard InChI is InChI=1S/C11H19NO3S/c1-2-3-8-12-9-4-6-11(12)7-5-10-16(13,14)15/h4,6,9H,2-3,5,7-8,10H2,1H3,(H,13,14,15). The number of nitrogens with zero attached hydrogens (tertiary/aromatic N) is 1. The molecule has 0 saturated carbocycles. The highest BCUT2D eigenvalue weighted by Gasteiger charge is 2.06. The van der Waals surface area contributed by atoms with Crippen molar-refractivity contribution < 1.29 is 13.0 Å². The Kier molecular flexibility index (Phi) is 5.02. The topological polar surface area (TPSA) is 59.3 Å². The minimum Gasteiger partial charge on any atom is -0.351 e. The van der Waals surface area contributed by atoms with E-state index in [0.29, 0.717) is 12.8 Å². The smallest absolute Gasteiger partial charge is 0.264 e. The summed E-state index contributed by atoms with van der Waals surface area (Å²) in [6.45, 7) is 3.12. The highest BCUT2D eigenvalue weighted by molar-refractivity contribution is 7.85. The summed E-state index contributed by atoms with van der Waals surface area (Å²) in [6, 6.07) is 3.97. The molecule has 5 heteroatoms. The average molecular weight is 245 g/mol. The van der Waals surface area contributed by atoms with Crippen molar-refractivity contribution in [3.05, 3.63) is 24.0 Å². The molecule has 0 aliphatic carbocycles. The van der Waals surface area contributed by atoms with Crippen molar-refractivity contribution in [2.24, 2.45) is 0 Å². The molecule has 0 aromatic carbocycles. The molecular formula is C11H19NO3S. The first kappa shape index (κ1) is 13.3. The highest BCUT2D eigenvalue weighted by atomic mass is 32.2. The molecule has 1 rings (SSSR count). The van der Waals surface area contributed by atoms with Crippen LogP contribution in [0, 0.1) is 0 Å². The molecule has 0 spiro atoms. The van der Waals surface area contributed by atoms with Gasteiger partial charge in [0.15, 0.2) is 0 Å². The lowest BCUT2D eigenvalue weighted by atomic mass is 10.2. The number of aryl methyl sites for hydroxylation is 2. The summed E-state index contributed by atoms with van der Waals surface area (Å²) in [5, 5.41) is 0. The van der Waals surface area contributed by atoms with E-state index in [1.165, 1.54) is 0 Å². The summed E-state index contributed by atoms with van der Waals surface area (Å²) in [6.07, 6.45) is 5.44. The first-order valence-corrected chi connectivity index (χ1v) is 7.23. The van der Waals surface area contributed by atoms with Crippen molar-refractivity contribution >= 4 is 10.1 Å². The van der Waals surface area contributed by atoms with Crippen LogP contribution in [-0.4, -0.2) is 23.3 Å². The number of aromatic nitrogens is 1. The van der Waals surface area contributed by atoms with Crippen molar-refractivity contribution in [3.63, 3.8) is 0 Å². The highest BCUT2D eigenvalue weighted by Crippen LogP contribution is 2.08. The third-order valence-corrected chi connectivity index (χ3v) is 3.32. The van der Waals surface area contributed by atoms with Crippen LogP contribution in [-0.2, 0) is 23.1 Å². The Balaban J connectivity index is 2.44. The summed E-state index contributed by atoms with van der Waals surface area (Å²) in [4.78, 5) is 0. The molecule has 4 nitrogen and oxygen atoms in total. The average Bonchev–Trinajstić information content (AvgIpc) is 2.60. The zero-order chi connectivity index (χ0) is 12.0. The fourth-order valence-corrected chi connectivity index (χ4v) is 2.17. The Hall–Kier alpha value is -0.810. The van der Waals surface area contributed by atoms with Gasteiger partial charge in [-0.25, -0.2) is 0 Å². The Bertz CT molecular complexity index is 409. The van der Waals surface area contributed by atoms with Gasteiger partial charge in [-0.05, 0) is 31.4 Å². The van der Waals surface area contributed by atoms with Gasteiger partial charge in [-0.1, -0.05) is 13.3 Å². The third kappa shape index (κ3) is 4.81. The van der Waals surface area contributed by atoms with Gasteiger partial charge in [0, 0.05) is 18.4 Å². The van der Waals surface area contributed by atoms with Crippen molar-refractivity contribution in [1.29, 1.82) is 0 Å². The van der Waals surface area contributed by atoms with Gasteiger partial charge in [0.25, 0.3) is 10.1 Å². The van der Waals surface area contributed by atoms with Crippen molar-refractivity contribution in [1.82, 2.24) is 4.57 Å². The molecule has 1 aromatic rings. The van der Waals surface area contributed by atoms with E-state index in [1.807, 2.05) is 18.3 Å². The fourth-order valence-electron chi connectivity index (χ4n) is 1.66. The molecule has 0 radical (unpaired) electrons. The molecule has 0 saturated heterocycles. The van der Waals surface area contributed by atoms with E-state index < -0.39 is 10.1 Å². The summed E-state index contributed by atoms with van der Waals surface area (Å²) in [7, 11) is -3.82. The Morgan fingerprint density at radius 3 is 2.75 bits per heavy atom. The quantitative estimate of drug-likeness (QED) is 0.748. The summed E-state index contributed by atoms with van der Waals surface area (Å²) < 4.78 is 31.9. The van der Waals surface area contributed by atoms with Crippen LogP contribution in [0.5, 0.6) is 0 Å². The summed E-state index contributed by atoms with van der Waals surface area (Å²) in [5.41, 5.74) is 1.14. The van der Waals surface area contributed by atoms with Crippen LogP contribution in [0.1, 0.15) is 31.9 Å². The molecule has 0 aliphatic heterocycles. The largest absolute Gasteiger partial charge is 0.351 e. The van der Waals surface area contributed by atoms with Crippen LogP contribution in [0.3, 0.4) is 0 Å². The van der Waals surface area contributed by atoms with Crippen molar-refractivity contribution in [2.75, 3.05) is 5.75 Å². The van der Waals surface area contributed by atoms with Crippen LogP contribution in [0.2, 0.25) is 0 Å². The van der Waals surface area contributed by atoms with Crippen LogP contribution in [0.4, 0.5) is 0 Å². The van der Waals surface area contributed by atoms with E-state index >= 15 is 0 Å². The second kappa shape index (κ2) is 6.06. The predicted molar refractivity (Wildman–Crippen MR) is 64.1 cm³/mol. The lowest BCUT2D eigenvalue weighted by Crippen LogP contribution is -2.07. The van der Waals surface area contributed by atoms with Gasteiger partial charge in [0.1, 0.15) is 0 Å². The molecule has 16 heavy (non-hydrogen) atoms. The van der Waals surface area contributed by atoms with Crippen molar-refractivity contribution in [3.8, 4) is 0 Å². The first-order valence-electron chi connectivity index (χ1n) is 5.62. The molecule has 1 heterocycles. The molecule has 0 atom stereocenters. The Morgan fingerprint density at radius 1 is 1.38 bits per heavy atom. The summed E-state index contributed by atoms with van der Waals surface area (Å²) in [5.74, 6) is -0.161. The lowest BCUT2D eigenvalue weighted by molar-refractivity contribution is 0.480. The van der Waals surface area contributed by atoms with Gasteiger partial charge in [-0.2, -0.15) is 8.42 Å². The lowest BCUT2D eigenvalue weighted by Gasteiger charge is -2.07. The minimum absolute atomic E-state index is 0.161. The Labute approximate surface area is 97.0 Å². The monoisotopic (exact) mass is 245 g/mol. The fraction of sp³-hybridized carbons (Fsp3) is 0.636. The molecule has 0 unspecified atom stereocenters. The SMILES string of the molecule is CCCCn1cccc1CCCS(=O)(=O)O. The maximum Gasteiger partial charge on any atom is 0.264 e. The molecule has 1 aromatic heterocycles. The molecule has 0 fully saturated rings. The van der Waals surface area contributed by atoms with E-state index in [1.54, 1.807) is 0 Å². The zero-order valence-electron chi connectivity index (χ0n) is 9.59. The van der Waals surface area contributed by atoms with Gasteiger partial charge in [0.05, 0.1) is 5.75 Å². The maximum absolute atomic E-state index is 10.6. The second-order valence-corrected chi connectivity index (χ2v) is 5.51.